The van der Waals surface area contributed by atoms with Crippen molar-refractivity contribution in [2.75, 3.05) is 26.9 Å². The second-order valence-electron chi connectivity index (χ2n) is 4.28. The number of amides is 1. The maximum atomic E-state index is 10.8. The number of ether oxygens (including phenoxy) is 2. The predicted octanol–water partition coefficient (Wildman–Crippen LogP) is -1.15. The number of amidine groups is 1. The van der Waals surface area contributed by atoms with Gasteiger partial charge in [0.15, 0.2) is 5.84 Å². The van der Waals surface area contributed by atoms with E-state index in [2.05, 4.69) is 5.32 Å². The first-order valence-corrected chi connectivity index (χ1v) is 6.37. The number of carbonyl (C=O) groups is 1. The number of nitrogens with one attached hydrogen (secondary N) is 3. The zero-order chi connectivity index (χ0) is 16.5. The Balaban J connectivity index is 2.59. The third kappa shape index (κ3) is 5.20. The molecule has 1 atom stereocenters. The summed E-state index contributed by atoms with van der Waals surface area (Å²) in [4.78, 5) is 10.8. The van der Waals surface area contributed by atoms with Crippen LogP contribution in [0.3, 0.4) is 0 Å². The van der Waals surface area contributed by atoms with Crippen molar-refractivity contribution in [3.8, 4) is 11.5 Å². The van der Waals surface area contributed by atoms with E-state index in [0.717, 1.165) is 0 Å². The molecule has 6 N–H and O–H groups in total. The number of rotatable bonds is 8. The van der Waals surface area contributed by atoms with Gasteiger partial charge in [-0.25, -0.2) is 0 Å². The summed E-state index contributed by atoms with van der Waals surface area (Å²) < 4.78 is 10.4. The summed E-state index contributed by atoms with van der Waals surface area (Å²) in [6.07, 6.45) is -0.946. The molecule has 0 aliphatic carbocycles. The van der Waals surface area contributed by atoms with Crippen molar-refractivity contribution in [1.82, 2.24) is 10.8 Å². The van der Waals surface area contributed by atoms with Gasteiger partial charge in [0.25, 0.3) is 0 Å². The van der Waals surface area contributed by atoms with Gasteiger partial charge in [0, 0.05) is 12.6 Å². The van der Waals surface area contributed by atoms with Gasteiger partial charge >= 0.3 is 0 Å². The highest BCUT2D eigenvalue weighted by molar-refractivity contribution is 5.98. The number of hydroxylamine groups is 1. The Morgan fingerprint density at radius 3 is 2.77 bits per heavy atom. The molecule has 22 heavy (non-hydrogen) atoms. The number of hydrogen-bond donors (Lipinski definition) is 6. The molecule has 1 aromatic rings. The fraction of sp³-hybridized carbons (Fsp3) is 0.385. The van der Waals surface area contributed by atoms with Gasteiger partial charge in [0.1, 0.15) is 30.8 Å². The van der Waals surface area contributed by atoms with Crippen LogP contribution in [0.4, 0.5) is 0 Å². The minimum atomic E-state index is -0.946. The van der Waals surface area contributed by atoms with E-state index in [1.807, 2.05) is 0 Å². The number of hydrogen-bond acceptors (Lipinski definition) is 7. The summed E-state index contributed by atoms with van der Waals surface area (Å²) in [5.41, 5.74) is 2.06. The Labute approximate surface area is 126 Å². The molecule has 9 nitrogen and oxygen atoms in total. The van der Waals surface area contributed by atoms with Crippen LogP contribution < -0.4 is 20.3 Å². The summed E-state index contributed by atoms with van der Waals surface area (Å²) in [6, 6.07) is 4.56. The topological polar surface area (TPSA) is 144 Å². The SMILES string of the molecule is COc1cc(OC[C@@H](O)CNC(=O)CO)ccc1C(=N)NO. The molecule has 1 amide bonds. The van der Waals surface area contributed by atoms with Gasteiger partial charge < -0.3 is 25.0 Å². The van der Waals surface area contributed by atoms with Crippen molar-refractivity contribution in [3.63, 3.8) is 0 Å². The van der Waals surface area contributed by atoms with Crippen molar-refractivity contribution < 1.29 is 29.7 Å². The average molecular weight is 313 g/mol. The number of aliphatic hydroxyl groups is 2. The molecule has 122 valence electrons. The number of methoxy groups -OCH3 is 1. The molecule has 0 saturated heterocycles. The summed E-state index contributed by atoms with van der Waals surface area (Å²) in [6.45, 7) is -0.769. The average Bonchev–Trinajstić information content (AvgIpc) is 2.56. The Bertz CT molecular complexity index is 522. The minimum absolute atomic E-state index is 0.0479. The van der Waals surface area contributed by atoms with Gasteiger partial charge in [-0.15, -0.1) is 0 Å². The second-order valence-corrected chi connectivity index (χ2v) is 4.28. The quantitative estimate of drug-likeness (QED) is 0.202. The first kappa shape index (κ1) is 17.7. The molecule has 0 bridgehead atoms. The molecule has 1 aromatic carbocycles. The molecule has 0 aliphatic heterocycles. The van der Waals surface area contributed by atoms with Crippen LogP contribution in [-0.4, -0.2) is 60.1 Å². The molecule has 0 aliphatic rings. The van der Waals surface area contributed by atoms with E-state index in [-0.39, 0.29) is 19.0 Å². The first-order valence-electron chi connectivity index (χ1n) is 6.37. The largest absolute Gasteiger partial charge is 0.496 e. The van der Waals surface area contributed by atoms with Crippen LogP contribution in [0.15, 0.2) is 18.2 Å². The third-order valence-corrected chi connectivity index (χ3v) is 2.67. The molecule has 9 heteroatoms. The van der Waals surface area contributed by atoms with Gasteiger partial charge in [-0.05, 0) is 12.1 Å². The highest BCUT2D eigenvalue weighted by Crippen LogP contribution is 2.24. The Morgan fingerprint density at radius 1 is 1.45 bits per heavy atom. The number of benzene rings is 1. The Hall–Kier alpha value is -2.36. The summed E-state index contributed by atoms with van der Waals surface area (Å²) in [7, 11) is 1.41. The standard InChI is InChI=1S/C13H19N3O6/c1-21-11-4-9(2-3-10(11)13(14)16-20)22-7-8(18)5-15-12(19)6-17/h2-4,8,17-18,20H,5-7H2,1H3,(H2,14,16)(H,15,19)/t8-/m0/s1. The van der Waals surface area contributed by atoms with E-state index >= 15 is 0 Å². The predicted molar refractivity (Wildman–Crippen MR) is 76.3 cm³/mol. The molecule has 0 spiro atoms. The van der Waals surface area contributed by atoms with E-state index in [1.165, 1.54) is 19.2 Å². The second kappa shape index (κ2) is 8.82. The van der Waals surface area contributed by atoms with Crippen molar-refractivity contribution >= 4 is 11.7 Å². The molecular weight excluding hydrogens is 294 g/mol. The molecule has 0 saturated carbocycles. The fourth-order valence-electron chi connectivity index (χ4n) is 1.57. The van der Waals surface area contributed by atoms with Gasteiger partial charge in [0.2, 0.25) is 5.91 Å². The molecule has 0 unspecified atom stereocenters. The van der Waals surface area contributed by atoms with Crippen LogP contribution in [0, 0.1) is 5.41 Å². The maximum absolute atomic E-state index is 10.8. The van der Waals surface area contributed by atoms with Crippen LogP contribution in [0.25, 0.3) is 0 Å². The molecule has 0 heterocycles. The highest BCUT2D eigenvalue weighted by Gasteiger charge is 2.11. The summed E-state index contributed by atoms with van der Waals surface area (Å²) in [5.74, 6) is -0.110. The van der Waals surface area contributed by atoms with Crippen LogP contribution in [-0.2, 0) is 4.79 Å². The highest BCUT2D eigenvalue weighted by atomic mass is 16.5. The Morgan fingerprint density at radius 2 is 2.18 bits per heavy atom. The lowest BCUT2D eigenvalue weighted by Gasteiger charge is -2.15. The molecular formula is C13H19N3O6. The lowest BCUT2D eigenvalue weighted by molar-refractivity contribution is -0.124. The van der Waals surface area contributed by atoms with E-state index in [1.54, 1.807) is 11.5 Å². The van der Waals surface area contributed by atoms with Crippen molar-refractivity contribution in [2.45, 2.75) is 6.10 Å². The lowest BCUT2D eigenvalue weighted by atomic mass is 10.1. The number of aliphatic hydroxyl groups excluding tert-OH is 2. The van der Waals surface area contributed by atoms with E-state index in [4.69, 9.17) is 25.2 Å². The van der Waals surface area contributed by atoms with Gasteiger partial charge in [-0.1, -0.05) is 0 Å². The van der Waals surface area contributed by atoms with Crippen LogP contribution in [0.1, 0.15) is 5.56 Å². The van der Waals surface area contributed by atoms with Gasteiger partial charge in [-0.2, -0.15) is 0 Å². The van der Waals surface area contributed by atoms with Crippen LogP contribution in [0.2, 0.25) is 0 Å². The minimum Gasteiger partial charge on any atom is -0.496 e. The van der Waals surface area contributed by atoms with E-state index in [0.29, 0.717) is 17.1 Å². The smallest absolute Gasteiger partial charge is 0.245 e. The van der Waals surface area contributed by atoms with Crippen molar-refractivity contribution in [2.24, 2.45) is 0 Å². The first-order chi connectivity index (χ1) is 10.5. The Kier molecular flexibility index (Phi) is 7.09. The molecule has 0 radical (unpaired) electrons. The third-order valence-electron chi connectivity index (χ3n) is 2.67. The molecule has 0 aromatic heterocycles. The van der Waals surface area contributed by atoms with Gasteiger partial charge in [-0.3, -0.25) is 20.9 Å². The van der Waals surface area contributed by atoms with Crippen LogP contribution in [0.5, 0.6) is 11.5 Å². The normalized spacial score (nSPS) is 11.5. The lowest BCUT2D eigenvalue weighted by Crippen LogP contribution is -2.36. The summed E-state index contributed by atoms with van der Waals surface area (Å²) in [5, 5.41) is 36.7. The molecule has 0 fully saturated rings. The van der Waals surface area contributed by atoms with E-state index in [9.17, 15) is 9.90 Å². The van der Waals surface area contributed by atoms with E-state index < -0.39 is 18.6 Å². The summed E-state index contributed by atoms with van der Waals surface area (Å²) >= 11 is 0. The fourth-order valence-corrected chi connectivity index (χ4v) is 1.57. The maximum Gasteiger partial charge on any atom is 0.245 e. The monoisotopic (exact) mass is 313 g/mol. The van der Waals surface area contributed by atoms with Crippen LogP contribution >= 0.6 is 0 Å². The molecule has 1 rings (SSSR count). The van der Waals surface area contributed by atoms with Crippen molar-refractivity contribution in [3.05, 3.63) is 23.8 Å². The number of carbonyl (C=O) groups excluding carboxylic acids is 1. The zero-order valence-electron chi connectivity index (χ0n) is 12.0. The van der Waals surface area contributed by atoms with Crippen molar-refractivity contribution in [1.29, 1.82) is 5.41 Å². The van der Waals surface area contributed by atoms with Gasteiger partial charge in [0.05, 0.1) is 12.7 Å². The zero-order valence-corrected chi connectivity index (χ0v) is 12.0.